The van der Waals surface area contributed by atoms with E-state index in [9.17, 15) is 0 Å². The molecule has 2 saturated carbocycles. The lowest BCUT2D eigenvalue weighted by Crippen LogP contribution is -2.68. The van der Waals surface area contributed by atoms with E-state index in [-0.39, 0.29) is 11.3 Å². The Bertz CT molecular complexity index is 203. The molecule has 0 unspecified atom stereocenters. The maximum absolute atomic E-state index is 6.56. The monoisotopic (exact) mass is 225 g/mol. The van der Waals surface area contributed by atoms with E-state index in [1.54, 1.807) is 0 Å². The molecule has 94 valence electrons. The third-order valence-corrected chi connectivity index (χ3v) is 4.77. The van der Waals surface area contributed by atoms with Crippen LogP contribution in [0.2, 0.25) is 0 Å². The van der Waals surface area contributed by atoms with Gasteiger partial charge in [-0.2, -0.15) is 0 Å². The Morgan fingerprint density at radius 2 is 1.00 bits per heavy atom. The van der Waals surface area contributed by atoms with E-state index in [2.05, 4.69) is 11.9 Å². The molecule has 2 aliphatic rings. The van der Waals surface area contributed by atoms with Crippen LogP contribution in [0.3, 0.4) is 0 Å². The van der Waals surface area contributed by atoms with E-state index in [4.69, 9.17) is 11.5 Å². The first-order valence-corrected chi connectivity index (χ1v) is 6.89. The van der Waals surface area contributed by atoms with Gasteiger partial charge in [-0.25, -0.2) is 0 Å². The van der Waals surface area contributed by atoms with E-state index < -0.39 is 0 Å². The fraction of sp³-hybridized carbons (Fsp3) is 1.00. The molecule has 0 aliphatic heterocycles. The number of hydrogen-bond donors (Lipinski definition) is 2. The molecule has 0 aromatic rings. The Morgan fingerprint density at radius 3 is 1.31 bits per heavy atom. The van der Waals surface area contributed by atoms with Crippen LogP contribution in [0.4, 0.5) is 0 Å². The van der Waals surface area contributed by atoms with E-state index >= 15 is 0 Å². The highest BCUT2D eigenvalue weighted by atomic mass is 15.4. The SMILES string of the molecule is CN(C1(N)CCCCC1)C1(N)CCCCC1. The summed E-state index contributed by atoms with van der Waals surface area (Å²) >= 11 is 0. The second kappa shape index (κ2) is 4.63. The van der Waals surface area contributed by atoms with Gasteiger partial charge in [0.05, 0.1) is 11.3 Å². The molecular weight excluding hydrogens is 198 g/mol. The van der Waals surface area contributed by atoms with Crippen molar-refractivity contribution in [2.75, 3.05) is 7.05 Å². The maximum Gasteiger partial charge on any atom is 0.0699 e. The van der Waals surface area contributed by atoms with Crippen LogP contribution in [0.1, 0.15) is 64.2 Å². The molecule has 0 amide bonds. The largest absolute Gasteiger partial charge is 0.313 e. The molecule has 16 heavy (non-hydrogen) atoms. The summed E-state index contributed by atoms with van der Waals surface area (Å²) in [5.41, 5.74) is 12.9. The molecule has 3 heteroatoms. The van der Waals surface area contributed by atoms with Crippen LogP contribution in [0.5, 0.6) is 0 Å². The van der Waals surface area contributed by atoms with E-state index in [0.717, 1.165) is 25.7 Å². The van der Waals surface area contributed by atoms with E-state index in [1.165, 1.54) is 38.5 Å². The van der Waals surface area contributed by atoms with Gasteiger partial charge in [-0.05, 0) is 32.7 Å². The molecule has 0 spiro atoms. The maximum atomic E-state index is 6.56. The fourth-order valence-electron chi connectivity index (χ4n) is 3.44. The summed E-state index contributed by atoms with van der Waals surface area (Å²) < 4.78 is 0. The first kappa shape index (κ1) is 12.3. The highest BCUT2D eigenvalue weighted by Crippen LogP contribution is 2.36. The molecule has 4 N–H and O–H groups in total. The minimum atomic E-state index is -0.135. The van der Waals surface area contributed by atoms with Crippen molar-refractivity contribution in [2.24, 2.45) is 11.5 Å². The van der Waals surface area contributed by atoms with Crippen molar-refractivity contribution in [1.82, 2.24) is 4.90 Å². The highest BCUT2D eigenvalue weighted by Gasteiger charge is 2.42. The van der Waals surface area contributed by atoms with Crippen LogP contribution in [-0.4, -0.2) is 23.3 Å². The lowest BCUT2D eigenvalue weighted by Gasteiger charge is -2.52. The molecule has 0 atom stereocenters. The molecular formula is C13H27N3. The molecule has 0 aromatic heterocycles. The lowest BCUT2D eigenvalue weighted by molar-refractivity contribution is -0.0355. The van der Waals surface area contributed by atoms with Gasteiger partial charge >= 0.3 is 0 Å². The smallest absolute Gasteiger partial charge is 0.0699 e. The number of rotatable bonds is 2. The first-order chi connectivity index (χ1) is 7.57. The second-order valence-corrected chi connectivity index (χ2v) is 5.89. The van der Waals surface area contributed by atoms with Gasteiger partial charge < -0.3 is 11.5 Å². The topological polar surface area (TPSA) is 55.3 Å². The molecule has 2 rings (SSSR count). The van der Waals surface area contributed by atoms with Crippen LogP contribution in [-0.2, 0) is 0 Å². The summed E-state index contributed by atoms with van der Waals surface area (Å²) in [6.45, 7) is 0. The Hall–Kier alpha value is -0.120. The minimum absolute atomic E-state index is 0.135. The molecule has 2 fully saturated rings. The van der Waals surface area contributed by atoms with Crippen molar-refractivity contribution in [3.63, 3.8) is 0 Å². The van der Waals surface area contributed by atoms with Crippen molar-refractivity contribution in [3.05, 3.63) is 0 Å². The summed E-state index contributed by atoms with van der Waals surface area (Å²) in [4.78, 5) is 2.32. The van der Waals surface area contributed by atoms with Crippen LogP contribution < -0.4 is 11.5 Å². The average Bonchev–Trinajstić information content (AvgIpc) is 2.30. The number of nitrogens with zero attached hydrogens (tertiary/aromatic N) is 1. The third-order valence-electron chi connectivity index (χ3n) is 4.77. The van der Waals surface area contributed by atoms with Crippen LogP contribution in [0.25, 0.3) is 0 Å². The Balaban J connectivity index is 2.06. The Kier molecular flexibility index (Phi) is 3.57. The van der Waals surface area contributed by atoms with Crippen molar-refractivity contribution >= 4 is 0 Å². The molecule has 0 saturated heterocycles. The van der Waals surface area contributed by atoms with Gasteiger partial charge in [0.2, 0.25) is 0 Å². The number of nitrogens with two attached hydrogens (primary N) is 2. The van der Waals surface area contributed by atoms with Gasteiger partial charge in [0, 0.05) is 0 Å². The highest BCUT2D eigenvalue weighted by molar-refractivity contribution is 4.96. The molecule has 0 heterocycles. The van der Waals surface area contributed by atoms with Crippen LogP contribution in [0.15, 0.2) is 0 Å². The van der Waals surface area contributed by atoms with Gasteiger partial charge in [0.25, 0.3) is 0 Å². The van der Waals surface area contributed by atoms with Crippen molar-refractivity contribution in [1.29, 1.82) is 0 Å². The van der Waals surface area contributed by atoms with Gasteiger partial charge in [0.15, 0.2) is 0 Å². The summed E-state index contributed by atoms with van der Waals surface area (Å²) in [5.74, 6) is 0. The molecule has 0 bridgehead atoms. The molecule has 0 aromatic carbocycles. The predicted molar refractivity (Wildman–Crippen MR) is 67.8 cm³/mol. The quantitative estimate of drug-likeness (QED) is 0.708. The lowest BCUT2D eigenvalue weighted by atomic mass is 9.82. The number of hydrogen-bond acceptors (Lipinski definition) is 3. The average molecular weight is 225 g/mol. The minimum Gasteiger partial charge on any atom is -0.313 e. The predicted octanol–water partition coefficient (Wildman–Crippen LogP) is 2.16. The summed E-state index contributed by atoms with van der Waals surface area (Å²) in [6.07, 6.45) is 12.2. The Labute approximate surface area is 99.5 Å². The normalized spacial score (nSPS) is 29.2. The fourth-order valence-corrected chi connectivity index (χ4v) is 3.44. The van der Waals surface area contributed by atoms with E-state index in [1.807, 2.05) is 0 Å². The van der Waals surface area contributed by atoms with Crippen molar-refractivity contribution < 1.29 is 0 Å². The molecule has 0 radical (unpaired) electrons. The summed E-state index contributed by atoms with van der Waals surface area (Å²) in [5, 5.41) is 0. The van der Waals surface area contributed by atoms with Gasteiger partial charge in [-0.3, -0.25) is 4.90 Å². The summed E-state index contributed by atoms with van der Waals surface area (Å²) in [6, 6.07) is 0. The van der Waals surface area contributed by atoms with Gasteiger partial charge in [-0.15, -0.1) is 0 Å². The zero-order chi connectivity index (χ0) is 11.6. The Morgan fingerprint density at radius 1 is 0.688 bits per heavy atom. The zero-order valence-electron chi connectivity index (χ0n) is 10.7. The zero-order valence-corrected chi connectivity index (χ0v) is 10.7. The van der Waals surface area contributed by atoms with Crippen LogP contribution >= 0.6 is 0 Å². The molecule has 2 aliphatic carbocycles. The summed E-state index contributed by atoms with van der Waals surface area (Å²) in [7, 11) is 2.15. The van der Waals surface area contributed by atoms with Crippen molar-refractivity contribution in [2.45, 2.75) is 75.5 Å². The first-order valence-electron chi connectivity index (χ1n) is 6.89. The standard InChI is InChI=1S/C13H27N3/c1-16(12(14)8-4-2-5-9-12)13(15)10-6-3-7-11-13/h2-11,14-15H2,1H3. The molecule has 3 nitrogen and oxygen atoms in total. The van der Waals surface area contributed by atoms with Gasteiger partial charge in [-0.1, -0.05) is 38.5 Å². The third kappa shape index (κ3) is 2.27. The van der Waals surface area contributed by atoms with Gasteiger partial charge in [0.1, 0.15) is 0 Å². The van der Waals surface area contributed by atoms with Crippen LogP contribution in [0, 0.1) is 0 Å². The van der Waals surface area contributed by atoms with Crippen molar-refractivity contribution in [3.8, 4) is 0 Å². The second-order valence-electron chi connectivity index (χ2n) is 5.89. The van der Waals surface area contributed by atoms with E-state index in [0.29, 0.717) is 0 Å².